The minimum Gasteiger partial charge on any atom is -0.438 e. The molecular formula is C32H36N6O2. The number of ether oxygens (including phenoxy) is 1. The van der Waals surface area contributed by atoms with Gasteiger partial charge in [0.15, 0.2) is 0 Å². The van der Waals surface area contributed by atoms with Crippen molar-refractivity contribution in [1.29, 1.82) is 0 Å². The van der Waals surface area contributed by atoms with Gasteiger partial charge in [-0.2, -0.15) is 4.98 Å². The molecule has 8 heteroatoms. The van der Waals surface area contributed by atoms with Crippen molar-refractivity contribution in [1.82, 2.24) is 14.9 Å². The zero-order chi connectivity index (χ0) is 27.9. The summed E-state index contributed by atoms with van der Waals surface area (Å²) in [6.45, 7) is 11.6. The van der Waals surface area contributed by atoms with Crippen LogP contribution >= 0.6 is 0 Å². The average Bonchev–Trinajstić information content (AvgIpc) is 2.97. The first-order valence-corrected chi connectivity index (χ1v) is 13.8. The molecule has 0 bridgehead atoms. The molecule has 0 radical (unpaired) electrons. The van der Waals surface area contributed by atoms with Crippen molar-refractivity contribution >= 4 is 28.9 Å². The Balaban J connectivity index is 1.33. The fraction of sp³-hybridized carbons (Fsp3) is 0.281. The maximum atomic E-state index is 13.3. The zero-order valence-corrected chi connectivity index (χ0v) is 23.4. The lowest BCUT2D eigenvalue weighted by Gasteiger charge is -2.36. The Morgan fingerprint density at radius 2 is 1.60 bits per heavy atom. The second-order valence-corrected chi connectivity index (χ2v) is 10.0. The molecule has 0 saturated carbocycles. The van der Waals surface area contributed by atoms with E-state index in [1.54, 1.807) is 0 Å². The highest BCUT2D eigenvalue weighted by atomic mass is 16.5. The van der Waals surface area contributed by atoms with Gasteiger partial charge in [0.25, 0.3) is 5.91 Å². The van der Waals surface area contributed by atoms with E-state index in [9.17, 15) is 4.79 Å². The van der Waals surface area contributed by atoms with Gasteiger partial charge in [-0.1, -0.05) is 43.3 Å². The van der Waals surface area contributed by atoms with Crippen molar-refractivity contribution in [2.75, 3.05) is 48.3 Å². The van der Waals surface area contributed by atoms with Crippen molar-refractivity contribution < 1.29 is 9.53 Å². The first kappa shape index (κ1) is 27.1. The van der Waals surface area contributed by atoms with Crippen LogP contribution in [0.1, 0.15) is 34.8 Å². The van der Waals surface area contributed by atoms with Gasteiger partial charge in [0, 0.05) is 49.4 Å². The predicted molar refractivity (Wildman–Crippen MR) is 161 cm³/mol. The van der Waals surface area contributed by atoms with Crippen LogP contribution in [0.25, 0.3) is 0 Å². The molecule has 1 aromatic heterocycles. The third-order valence-corrected chi connectivity index (χ3v) is 7.08. The maximum absolute atomic E-state index is 13.3. The Morgan fingerprint density at radius 3 is 2.27 bits per heavy atom. The summed E-state index contributed by atoms with van der Waals surface area (Å²) in [6, 6.07) is 23.5. The van der Waals surface area contributed by atoms with Gasteiger partial charge < -0.3 is 20.3 Å². The third-order valence-electron chi connectivity index (χ3n) is 7.08. The molecule has 40 heavy (non-hydrogen) atoms. The minimum absolute atomic E-state index is 0.175. The molecule has 1 amide bonds. The number of nitrogens with zero attached hydrogens (tertiary/aromatic N) is 4. The van der Waals surface area contributed by atoms with Crippen LogP contribution in [0.4, 0.5) is 23.0 Å². The summed E-state index contributed by atoms with van der Waals surface area (Å²) in [7, 11) is 0. The van der Waals surface area contributed by atoms with Crippen LogP contribution in [0.5, 0.6) is 11.6 Å². The molecule has 1 aliphatic heterocycles. The van der Waals surface area contributed by atoms with Gasteiger partial charge in [-0.25, -0.2) is 4.98 Å². The number of carbonyl (C=O) groups is 1. The van der Waals surface area contributed by atoms with E-state index < -0.39 is 0 Å². The Kier molecular flexibility index (Phi) is 8.56. The van der Waals surface area contributed by atoms with Crippen molar-refractivity contribution in [3.05, 3.63) is 95.7 Å². The third kappa shape index (κ3) is 6.58. The van der Waals surface area contributed by atoms with E-state index >= 15 is 0 Å². The maximum Gasteiger partial charge on any atom is 0.262 e. The van der Waals surface area contributed by atoms with Crippen LogP contribution in [0.3, 0.4) is 0 Å². The van der Waals surface area contributed by atoms with Crippen LogP contribution in [0.2, 0.25) is 0 Å². The second kappa shape index (κ2) is 12.6. The highest BCUT2D eigenvalue weighted by molar-refractivity contribution is 6.06. The molecule has 206 valence electrons. The Labute approximate surface area is 236 Å². The first-order valence-electron chi connectivity index (χ1n) is 13.8. The number of rotatable bonds is 9. The van der Waals surface area contributed by atoms with Crippen LogP contribution in [0, 0.1) is 13.8 Å². The van der Waals surface area contributed by atoms with Crippen LogP contribution < -0.4 is 20.3 Å². The number of piperazine rings is 1. The van der Waals surface area contributed by atoms with Crippen LogP contribution in [-0.2, 0) is 0 Å². The molecular weight excluding hydrogens is 500 g/mol. The quantitative estimate of drug-likeness (QED) is 0.256. The van der Waals surface area contributed by atoms with Gasteiger partial charge in [-0.05, 0) is 74.3 Å². The molecule has 5 rings (SSSR count). The number of anilines is 4. The van der Waals surface area contributed by atoms with Gasteiger partial charge in [-0.3, -0.25) is 9.69 Å². The van der Waals surface area contributed by atoms with Gasteiger partial charge in [0.2, 0.25) is 11.8 Å². The van der Waals surface area contributed by atoms with Crippen LogP contribution in [-0.4, -0.2) is 53.5 Å². The lowest BCUT2D eigenvalue weighted by molar-refractivity contribution is 0.102. The van der Waals surface area contributed by atoms with E-state index in [1.165, 1.54) is 24.8 Å². The van der Waals surface area contributed by atoms with Gasteiger partial charge in [0.1, 0.15) is 11.3 Å². The molecule has 1 fully saturated rings. The smallest absolute Gasteiger partial charge is 0.262 e. The molecule has 3 aromatic carbocycles. The van der Waals surface area contributed by atoms with Gasteiger partial charge in [-0.15, -0.1) is 0 Å². The Hall–Kier alpha value is -4.43. The molecule has 4 aromatic rings. The molecule has 0 unspecified atom stereocenters. The summed E-state index contributed by atoms with van der Waals surface area (Å²) < 4.78 is 6.07. The lowest BCUT2D eigenvalue weighted by Crippen LogP contribution is -2.46. The summed E-state index contributed by atoms with van der Waals surface area (Å²) in [6.07, 6.45) is 2.69. The molecule has 0 spiro atoms. The molecule has 1 aliphatic rings. The number of aryl methyl sites for hydroxylation is 2. The summed E-state index contributed by atoms with van der Waals surface area (Å²) >= 11 is 0. The molecule has 8 nitrogen and oxygen atoms in total. The number of benzene rings is 3. The number of carbonyl (C=O) groups excluding carboxylic acids is 1. The number of hydrogen-bond donors (Lipinski definition) is 2. The van der Waals surface area contributed by atoms with Crippen molar-refractivity contribution in [2.24, 2.45) is 0 Å². The topological polar surface area (TPSA) is 82.6 Å². The van der Waals surface area contributed by atoms with Gasteiger partial charge in [0.05, 0.1) is 0 Å². The Bertz CT molecular complexity index is 1410. The Morgan fingerprint density at radius 1 is 0.900 bits per heavy atom. The lowest BCUT2D eigenvalue weighted by atomic mass is 10.1. The first-order chi connectivity index (χ1) is 19.5. The fourth-order valence-corrected chi connectivity index (χ4v) is 4.88. The summed E-state index contributed by atoms with van der Waals surface area (Å²) in [5.41, 5.74) is 5.02. The summed E-state index contributed by atoms with van der Waals surface area (Å²) in [5.74, 6) is 0.763. The van der Waals surface area contributed by atoms with E-state index in [-0.39, 0.29) is 17.4 Å². The van der Waals surface area contributed by atoms with Crippen molar-refractivity contribution in [3.63, 3.8) is 0 Å². The van der Waals surface area contributed by atoms with Crippen LogP contribution in [0.15, 0.2) is 79.0 Å². The van der Waals surface area contributed by atoms with Crippen molar-refractivity contribution in [3.8, 4) is 11.6 Å². The van der Waals surface area contributed by atoms with E-state index in [2.05, 4.69) is 49.5 Å². The predicted octanol–water partition coefficient (Wildman–Crippen LogP) is 6.41. The normalized spacial score (nSPS) is 13.6. The minimum atomic E-state index is -0.335. The SMILES string of the molecule is CCCN1CCN(c2ccc(Nc3ncc(C(=O)Nc4c(C)cccc4C)c(Oc4ccccc4)n3)cc2)CC1. The number of para-hydroxylation sites is 2. The van der Waals surface area contributed by atoms with Gasteiger partial charge >= 0.3 is 0 Å². The summed E-state index contributed by atoms with van der Waals surface area (Å²) in [4.78, 5) is 27.3. The number of nitrogens with one attached hydrogen (secondary N) is 2. The van der Waals surface area contributed by atoms with E-state index in [0.717, 1.165) is 48.7 Å². The standard InChI is InChI=1S/C32H36N6O2/c1-4-17-37-18-20-38(21-19-37)26-15-13-25(14-16-26)34-32-33-22-28(31(36-32)40-27-11-6-5-7-12-27)30(39)35-29-23(2)9-8-10-24(29)3/h5-16,22H,4,17-21H2,1-3H3,(H,35,39)(H,33,34,36). The van der Waals surface area contributed by atoms with Crippen molar-refractivity contribution in [2.45, 2.75) is 27.2 Å². The highest BCUT2D eigenvalue weighted by Crippen LogP contribution is 2.28. The molecule has 2 heterocycles. The average molecular weight is 537 g/mol. The molecule has 1 saturated heterocycles. The summed E-state index contributed by atoms with van der Waals surface area (Å²) in [5, 5.41) is 6.27. The monoisotopic (exact) mass is 536 g/mol. The number of amides is 1. The zero-order valence-electron chi connectivity index (χ0n) is 23.4. The molecule has 0 atom stereocenters. The highest BCUT2D eigenvalue weighted by Gasteiger charge is 2.20. The second-order valence-electron chi connectivity index (χ2n) is 10.0. The fourth-order valence-electron chi connectivity index (χ4n) is 4.88. The largest absolute Gasteiger partial charge is 0.438 e. The van der Waals surface area contributed by atoms with E-state index in [0.29, 0.717) is 11.7 Å². The van der Waals surface area contributed by atoms with E-state index in [4.69, 9.17) is 4.74 Å². The molecule has 2 N–H and O–H groups in total. The number of hydrogen-bond acceptors (Lipinski definition) is 7. The molecule has 0 aliphatic carbocycles. The van der Waals surface area contributed by atoms with E-state index in [1.807, 2.05) is 74.5 Å². The number of aromatic nitrogens is 2.